The highest BCUT2D eigenvalue weighted by Crippen LogP contribution is 2.69. The van der Waals surface area contributed by atoms with Crippen molar-refractivity contribution in [2.75, 3.05) is 12.4 Å². The summed E-state index contributed by atoms with van der Waals surface area (Å²) < 4.78 is 27.6. The van der Waals surface area contributed by atoms with E-state index in [1.165, 1.54) is 29.5 Å². The molecule has 1 aromatic heterocycles. The number of ether oxygens (including phenoxy) is 2. The van der Waals surface area contributed by atoms with Gasteiger partial charge in [-0.25, -0.2) is 13.9 Å². The van der Waals surface area contributed by atoms with Crippen molar-refractivity contribution in [2.24, 2.45) is 28.6 Å². The van der Waals surface area contributed by atoms with Crippen molar-refractivity contribution < 1.29 is 28.6 Å². The lowest BCUT2D eigenvalue weighted by atomic mass is 9.45. The van der Waals surface area contributed by atoms with E-state index in [1.54, 1.807) is 12.1 Å². The molecule has 1 saturated heterocycles. The Morgan fingerprint density at radius 2 is 2.00 bits per heavy atom. The Hall–Kier alpha value is -2.49. The fourth-order valence-electron chi connectivity index (χ4n) is 9.82. The predicted octanol–water partition coefficient (Wildman–Crippen LogP) is 6.30. The number of carbonyl (C=O) groups excluding carboxylic acids is 2. The number of hydrogen-bond donors (Lipinski definition) is 1. The van der Waals surface area contributed by atoms with Gasteiger partial charge in [0.1, 0.15) is 5.82 Å². The van der Waals surface area contributed by atoms with Gasteiger partial charge in [0.25, 0.3) is 0 Å². The molecule has 0 amide bonds. The molecular weight excluding hydrogens is 579 g/mol. The Morgan fingerprint density at radius 3 is 2.73 bits per heavy atom. The van der Waals surface area contributed by atoms with Crippen LogP contribution in [0.5, 0.6) is 0 Å². The van der Waals surface area contributed by atoms with E-state index in [2.05, 4.69) is 25.0 Å². The third-order valence-corrected chi connectivity index (χ3v) is 13.1. The summed E-state index contributed by atoms with van der Waals surface area (Å²) >= 11 is 1.28. The monoisotopic (exact) mass is 622 g/mol. The van der Waals surface area contributed by atoms with Gasteiger partial charge in [-0.3, -0.25) is 4.79 Å². The number of halogens is 1. The molecule has 4 aliphatic carbocycles. The molecule has 2 heterocycles. The number of rotatable bonds is 6. The number of benzene rings is 1. The minimum absolute atomic E-state index is 0.0194. The van der Waals surface area contributed by atoms with E-state index in [0.29, 0.717) is 31.6 Å². The van der Waals surface area contributed by atoms with Crippen LogP contribution >= 0.6 is 11.8 Å². The molecular formula is C35H43FN2O5S. The smallest absolute Gasteiger partial charge is 0.336 e. The second-order valence-electron chi connectivity index (χ2n) is 14.2. The van der Waals surface area contributed by atoms with Crippen LogP contribution in [-0.2, 0) is 25.5 Å². The lowest BCUT2D eigenvalue weighted by Gasteiger charge is -2.60. The van der Waals surface area contributed by atoms with Crippen LogP contribution in [0.25, 0.3) is 11.8 Å². The van der Waals surface area contributed by atoms with Crippen LogP contribution < -0.4 is 0 Å². The average Bonchev–Trinajstić information content (AvgIpc) is 3.73. The molecule has 1 aliphatic heterocycles. The Kier molecular flexibility index (Phi) is 7.61. The zero-order chi connectivity index (χ0) is 30.9. The van der Waals surface area contributed by atoms with Crippen molar-refractivity contribution in [3.05, 3.63) is 53.1 Å². The molecule has 5 aliphatic rings. The van der Waals surface area contributed by atoms with Gasteiger partial charge in [-0.1, -0.05) is 38.1 Å². The predicted molar refractivity (Wildman–Crippen MR) is 167 cm³/mol. The van der Waals surface area contributed by atoms with E-state index in [9.17, 15) is 19.1 Å². The Labute approximate surface area is 262 Å². The van der Waals surface area contributed by atoms with Crippen LogP contribution in [0.2, 0.25) is 0 Å². The number of aromatic nitrogens is 2. The summed E-state index contributed by atoms with van der Waals surface area (Å²) in [7, 11) is 0. The number of aliphatic hydroxyl groups excluding tert-OH is 1. The van der Waals surface area contributed by atoms with Gasteiger partial charge in [0.05, 0.1) is 23.7 Å². The molecule has 2 aromatic rings. The highest BCUT2D eigenvalue weighted by molar-refractivity contribution is 8.13. The summed E-state index contributed by atoms with van der Waals surface area (Å²) in [6.45, 7) is 6.98. The maximum atomic E-state index is 14.1. The van der Waals surface area contributed by atoms with Gasteiger partial charge in [0.15, 0.2) is 11.7 Å². The molecule has 0 bridgehead atoms. The summed E-state index contributed by atoms with van der Waals surface area (Å²) in [5.74, 6) is 0.345. The van der Waals surface area contributed by atoms with Crippen molar-refractivity contribution >= 4 is 28.9 Å². The van der Waals surface area contributed by atoms with Crippen LogP contribution in [0.4, 0.5) is 4.39 Å². The molecule has 7 nitrogen and oxygen atoms in total. The quantitative estimate of drug-likeness (QED) is 0.379. The van der Waals surface area contributed by atoms with Gasteiger partial charge in [0.2, 0.25) is 5.12 Å². The first-order valence-electron chi connectivity index (χ1n) is 16.3. The van der Waals surface area contributed by atoms with Crippen molar-refractivity contribution in [3.63, 3.8) is 0 Å². The summed E-state index contributed by atoms with van der Waals surface area (Å²) in [5.41, 5.74) is 2.11. The molecule has 1 aromatic carbocycles. The first-order valence-corrected chi connectivity index (χ1v) is 17.3. The van der Waals surface area contributed by atoms with Crippen molar-refractivity contribution in [1.82, 2.24) is 9.78 Å². The van der Waals surface area contributed by atoms with Gasteiger partial charge < -0.3 is 14.6 Å². The standard InChI is InChI=1S/C35H43FN2O5S/c1-4-16-44-32(41)35(43-31(40)29-6-5-15-42-29)14-13-26-25-12-7-22-17-27-21(20-37-38(27)24-10-8-23(36)9-11-24)18-33(22,2)30(25)28(39)19-34(26,35)3/h8-11,17,20,25-26,28-30,39H,4-7,12-16,18-19H2,1-3H3/t25?,26-,28?,29?,30+,33?,34?,35?/m0/s1. The largest absolute Gasteiger partial charge is 0.448 e. The first-order chi connectivity index (χ1) is 21.1. The maximum absolute atomic E-state index is 14.1. The first kappa shape index (κ1) is 30.2. The molecule has 0 radical (unpaired) electrons. The van der Waals surface area contributed by atoms with Crippen LogP contribution in [0, 0.1) is 34.4 Å². The number of hydrogen-bond acceptors (Lipinski definition) is 7. The molecule has 9 heteroatoms. The maximum Gasteiger partial charge on any atom is 0.336 e. The second kappa shape index (κ2) is 11.1. The molecule has 1 N–H and O–H groups in total. The molecule has 7 rings (SSSR count). The van der Waals surface area contributed by atoms with Crippen LogP contribution in [0.15, 0.2) is 36.0 Å². The third-order valence-electron chi connectivity index (χ3n) is 11.9. The Balaban J connectivity index is 1.21. The highest BCUT2D eigenvalue weighted by atomic mass is 32.2. The minimum Gasteiger partial charge on any atom is -0.448 e. The van der Waals surface area contributed by atoms with Gasteiger partial charge in [0, 0.05) is 17.8 Å². The van der Waals surface area contributed by atoms with Gasteiger partial charge >= 0.3 is 5.97 Å². The fourth-order valence-corrected chi connectivity index (χ4v) is 10.8. The number of thioether (sulfide) groups is 1. The fraction of sp³-hybridized carbons (Fsp3) is 0.629. The molecule has 0 spiro atoms. The number of nitrogens with zero attached hydrogens (tertiary/aromatic N) is 2. The van der Waals surface area contributed by atoms with E-state index in [0.717, 1.165) is 55.5 Å². The summed E-state index contributed by atoms with van der Waals surface area (Å²) in [6, 6.07) is 6.40. The highest BCUT2D eigenvalue weighted by Gasteiger charge is 2.71. The van der Waals surface area contributed by atoms with Gasteiger partial charge in [-0.2, -0.15) is 5.10 Å². The second-order valence-corrected chi connectivity index (χ2v) is 15.2. The SMILES string of the molecule is CCCSC(=O)C1(OC(=O)C2CCCO2)CC[C@H]2C3CCC4=Cc5c(cnn5-c5ccc(F)cc5)CC4(C)[C@H]3C(O)CC21C. The lowest BCUT2D eigenvalue weighted by Crippen LogP contribution is -2.63. The molecule has 4 fully saturated rings. The summed E-state index contributed by atoms with van der Waals surface area (Å²) in [4.78, 5) is 27.5. The number of fused-ring (bicyclic) bond motifs is 6. The van der Waals surface area contributed by atoms with Crippen molar-refractivity contribution in [3.8, 4) is 5.69 Å². The summed E-state index contributed by atoms with van der Waals surface area (Å²) in [6.07, 6.45) is 9.46. The zero-order valence-corrected chi connectivity index (χ0v) is 26.7. The summed E-state index contributed by atoms with van der Waals surface area (Å²) in [5, 5.41) is 16.8. The van der Waals surface area contributed by atoms with Gasteiger partial charge in [-0.15, -0.1) is 0 Å². The zero-order valence-electron chi connectivity index (χ0n) is 25.9. The number of aliphatic hydroxyl groups is 1. The Morgan fingerprint density at radius 1 is 1.20 bits per heavy atom. The van der Waals surface area contributed by atoms with Crippen molar-refractivity contribution in [2.45, 2.75) is 96.4 Å². The number of allylic oxidation sites excluding steroid dienone is 1. The minimum atomic E-state index is -1.26. The molecule has 3 saturated carbocycles. The molecule has 44 heavy (non-hydrogen) atoms. The third kappa shape index (κ3) is 4.47. The van der Waals surface area contributed by atoms with E-state index in [1.807, 2.05) is 17.8 Å². The van der Waals surface area contributed by atoms with Crippen LogP contribution in [0.3, 0.4) is 0 Å². The van der Waals surface area contributed by atoms with E-state index in [4.69, 9.17) is 9.47 Å². The van der Waals surface area contributed by atoms with Gasteiger partial charge in [-0.05, 0) is 117 Å². The van der Waals surface area contributed by atoms with Crippen LogP contribution in [0.1, 0.15) is 83.4 Å². The Bertz CT molecular complexity index is 1480. The average molecular weight is 623 g/mol. The molecule has 6 unspecified atom stereocenters. The number of esters is 1. The van der Waals surface area contributed by atoms with E-state index >= 15 is 0 Å². The topological polar surface area (TPSA) is 90.7 Å². The van der Waals surface area contributed by atoms with Crippen LogP contribution in [-0.4, -0.2) is 56.1 Å². The molecule has 8 atom stereocenters. The normalized spacial score (nSPS) is 37.4. The molecule has 236 valence electrons. The van der Waals surface area contributed by atoms with E-state index < -0.39 is 29.2 Å². The van der Waals surface area contributed by atoms with E-state index in [-0.39, 0.29) is 34.1 Å². The lowest BCUT2D eigenvalue weighted by molar-refractivity contribution is -0.202. The van der Waals surface area contributed by atoms with Crippen molar-refractivity contribution in [1.29, 1.82) is 0 Å². The number of carbonyl (C=O) groups is 2.